The highest BCUT2D eigenvalue weighted by Gasteiger charge is 2.18. The Morgan fingerprint density at radius 1 is 1.45 bits per heavy atom. The highest BCUT2D eigenvalue weighted by atomic mass is 16.6. The van der Waals surface area contributed by atoms with E-state index in [1.807, 2.05) is 0 Å². The van der Waals surface area contributed by atoms with E-state index in [9.17, 15) is 14.9 Å². The molecule has 2 rings (SSSR count). The van der Waals surface area contributed by atoms with Crippen LogP contribution >= 0.6 is 0 Å². The quantitative estimate of drug-likeness (QED) is 0.549. The number of hydrogen-bond donors (Lipinski definition) is 3. The van der Waals surface area contributed by atoms with Crippen molar-refractivity contribution in [2.75, 3.05) is 11.9 Å². The molecule has 0 saturated carbocycles. The summed E-state index contributed by atoms with van der Waals surface area (Å²) in [6.45, 7) is -0.623. The third-order valence-corrected chi connectivity index (χ3v) is 2.75. The van der Waals surface area contributed by atoms with Crippen LogP contribution in [0.1, 0.15) is 0 Å². The summed E-state index contributed by atoms with van der Waals surface area (Å²) in [5.41, 5.74) is -0.121. The first-order valence-electron chi connectivity index (χ1n) is 5.66. The molecule has 0 fully saturated rings. The van der Waals surface area contributed by atoms with E-state index in [1.165, 1.54) is 18.3 Å². The van der Waals surface area contributed by atoms with Crippen LogP contribution < -0.4 is 5.32 Å². The fourth-order valence-electron chi connectivity index (χ4n) is 1.74. The minimum absolute atomic E-state index is 0.121. The number of fused-ring (bicyclic) bond motifs is 1. The van der Waals surface area contributed by atoms with Crippen LogP contribution in [0.4, 0.5) is 11.5 Å². The van der Waals surface area contributed by atoms with Gasteiger partial charge in [0.2, 0.25) is 0 Å². The van der Waals surface area contributed by atoms with Gasteiger partial charge in [0.15, 0.2) is 0 Å². The molecule has 1 atom stereocenters. The second-order valence-electron chi connectivity index (χ2n) is 4.04. The van der Waals surface area contributed by atoms with Gasteiger partial charge in [0.05, 0.1) is 11.5 Å². The summed E-state index contributed by atoms with van der Waals surface area (Å²) in [5.74, 6) is -1.07. The topological polar surface area (TPSA) is 126 Å². The fourth-order valence-corrected chi connectivity index (χ4v) is 1.74. The first kappa shape index (κ1) is 13.7. The Balaban J connectivity index is 2.49. The molecule has 0 aliphatic carbocycles. The second-order valence-corrected chi connectivity index (χ2v) is 4.04. The zero-order chi connectivity index (χ0) is 14.7. The number of aromatic nitrogens is 1. The number of hydrogen-bond acceptors (Lipinski definition) is 6. The van der Waals surface area contributed by atoms with Crippen LogP contribution in [0, 0.1) is 10.1 Å². The van der Waals surface area contributed by atoms with E-state index in [2.05, 4.69) is 10.3 Å². The molecule has 0 aliphatic rings. The average Bonchev–Trinajstić information content (AvgIpc) is 2.43. The minimum atomic E-state index is -1.24. The van der Waals surface area contributed by atoms with Gasteiger partial charge in [0.1, 0.15) is 11.9 Å². The van der Waals surface area contributed by atoms with Crippen molar-refractivity contribution < 1.29 is 19.9 Å². The van der Waals surface area contributed by atoms with Crippen molar-refractivity contribution in [1.29, 1.82) is 0 Å². The van der Waals surface area contributed by atoms with Crippen molar-refractivity contribution in [2.24, 2.45) is 0 Å². The number of carboxylic acids is 1. The number of pyridine rings is 1. The van der Waals surface area contributed by atoms with E-state index < -0.39 is 23.5 Å². The van der Waals surface area contributed by atoms with E-state index in [4.69, 9.17) is 10.2 Å². The smallest absolute Gasteiger partial charge is 0.328 e. The maximum Gasteiger partial charge on any atom is 0.328 e. The predicted molar refractivity (Wildman–Crippen MR) is 70.5 cm³/mol. The molecule has 2 aromatic rings. The Kier molecular flexibility index (Phi) is 3.76. The number of non-ortho nitro benzene ring substituents is 1. The van der Waals surface area contributed by atoms with Crippen LogP contribution in [0.5, 0.6) is 0 Å². The molecule has 20 heavy (non-hydrogen) atoms. The molecule has 1 aromatic carbocycles. The average molecular weight is 277 g/mol. The molecule has 0 saturated heterocycles. The maximum atomic E-state index is 10.9. The van der Waals surface area contributed by atoms with Gasteiger partial charge in [0, 0.05) is 23.7 Å². The van der Waals surface area contributed by atoms with Crippen molar-refractivity contribution in [3.63, 3.8) is 0 Å². The number of nitro groups is 1. The van der Waals surface area contributed by atoms with Gasteiger partial charge in [-0.2, -0.15) is 0 Å². The van der Waals surface area contributed by atoms with Gasteiger partial charge in [-0.3, -0.25) is 10.1 Å². The lowest BCUT2D eigenvalue weighted by Gasteiger charge is -2.13. The van der Waals surface area contributed by atoms with Crippen LogP contribution in [0.25, 0.3) is 10.8 Å². The van der Waals surface area contributed by atoms with Gasteiger partial charge in [-0.25, -0.2) is 9.78 Å². The van der Waals surface area contributed by atoms with Crippen LogP contribution in [0.2, 0.25) is 0 Å². The molecule has 104 valence electrons. The third kappa shape index (κ3) is 2.64. The molecule has 8 nitrogen and oxygen atoms in total. The Morgan fingerprint density at radius 2 is 2.20 bits per heavy atom. The molecule has 1 unspecified atom stereocenters. The standard InChI is InChI=1S/C12H11N3O5/c16-6-10(12(17)18)14-11-9-5-8(15(19)20)2-1-7(9)3-4-13-11/h1-5,10,16H,6H2,(H,13,14)(H,17,18). The molecule has 0 aliphatic heterocycles. The van der Waals surface area contributed by atoms with Crippen molar-refractivity contribution in [1.82, 2.24) is 4.98 Å². The van der Waals surface area contributed by atoms with E-state index in [1.54, 1.807) is 12.1 Å². The molecule has 3 N–H and O–H groups in total. The summed E-state index contributed by atoms with van der Waals surface area (Å²) >= 11 is 0. The number of rotatable bonds is 5. The molecule has 8 heteroatoms. The molecule has 1 heterocycles. The highest BCUT2D eigenvalue weighted by Crippen LogP contribution is 2.26. The summed E-state index contributed by atoms with van der Waals surface area (Å²) in [4.78, 5) is 25.1. The van der Waals surface area contributed by atoms with E-state index in [-0.39, 0.29) is 11.5 Å². The minimum Gasteiger partial charge on any atom is -0.480 e. The maximum absolute atomic E-state index is 10.9. The summed E-state index contributed by atoms with van der Waals surface area (Å²) in [6.07, 6.45) is 1.45. The number of aliphatic hydroxyl groups is 1. The van der Waals surface area contributed by atoms with Gasteiger partial charge < -0.3 is 15.5 Å². The molecule has 0 bridgehead atoms. The zero-order valence-corrected chi connectivity index (χ0v) is 10.2. The van der Waals surface area contributed by atoms with Crippen molar-refractivity contribution in [3.8, 4) is 0 Å². The summed E-state index contributed by atoms with van der Waals surface area (Å²) in [6, 6.07) is 4.63. The molecule has 0 radical (unpaired) electrons. The summed E-state index contributed by atoms with van der Waals surface area (Å²) in [7, 11) is 0. The predicted octanol–water partition coefficient (Wildman–Crippen LogP) is 1.00. The van der Waals surface area contributed by atoms with Crippen LogP contribution in [0.3, 0.4) is 0 Å². The lowest BCUT2D eigenvalue weighted by atomic mass is 10.1. The van der Waals surface area contributed by atoms with Gasteiger partial charge in [-0.1, -0.05) is 0 Å². The van der Waals surface area contributed by atoms with Crippen LogP contribution in [-0.2, 0) is 4.79 Å². The number of anilines is 1. The Morgan fingerprint density at radius 3 is 2.80 bits per heavy atom. The van der Waals surface area contributed by atoms with Crippen molar-refractivity contribution >= 4 is 28.2 Å². The molecular formula is C12H11N3O5. The molecule has 0 spiro atoms. The largest absolute Gasteiger partial charge is 0.480 e. The van der Waals surface area contributed by atoms with Gasteiger partial charge in [-0.15, -0.1) is 0 Å². The van der Waals surface area contributed by atoms with Gasteiger partial charge in [0.25, 0.3) is 5.69 Å². The number of nitrogens with zero attached hydrogens (tertiary/aromatic N) is 2. The molecular weight excluding hydrogens is 266 g/mol. The van der Waals surface area contributed by atoms with Crippen LogP contribution in [-0.4, -0.2) is 38.7 Å². The van der Waals surface area contributed by atoms with Crippen LogP contribution in [0.15, 0.2) is 30.5 Å². The van der Waals surface area contributed by atoms with Crippen molar-refractivity contribution in [3.05, 3.63) is 40.6 Å². The molecule has 1 aromatic heterocycles. The normalized spacial score (nSPS) is 12.1. The zero-order valence-electron chi connectivity index (χ0n) is 10.2. The third-order valence-electron chi connectivity index (χ3n) is 2.75. The first-order chi connectivity index (χ1) is 9.52. The summed E-state index contributed by atoms with van der Waals surface area (Å²) < 4.78 is 0. The SMILES string of the molecule is O=C(O)C(CO)Nc1nccc2ccc([N+](=O)[O-])cc12. The number of carboxylic acid groups (broad SMARTS) is 1. The van der Waals surface area contributed by atoms with E-state index in [0.717, 1.165) is 0 Å². The lowest BCUT2D eigenvalue weighted by Crippen LogP contribution is -2.33. The number of aliphatic carboxylic acids is 1. The number of nitrogens with one attached hydrogen (secondary N) is 1. The van der Waals surface area contributed by atoms with Crippen molar-refractivity contribution in [2.45, 2.75) is 6.04 Å². The highest BCUT2D eigenvalue weighted by molar-refractivity contribution is 5.94. The Labute approximate surface area is 112 Å². The number of aliphatic hydroxyl groups excluding tert-OH is 1. The van der Waals surface area contributed by atoms with E-state index >= 15 is 0 Å². The Hall–Kier alpha value is -2.74. The second kappa shape index (κ2) is 5.49. The lowest BCUT2D eigenvalue weighted by molar-refractivity contribution is -0.384. The summed E-state index contributed by atoms with van der Waals surface area (Å²) in [5, 5.41) is 32.3. The number of benzene rings is 1. The Bertz CT molecular complexity index is 673. The van der Waals surface area contributed by atoms with Gasteiger partial charge >= 0.3 is 5.97 Å². The number of carbonyl (C=O) groups is 1. The van der Waals surface area contributed by atoms with Gasteiger partial charge in [-0.05, 0) is 17.5 Å². The monoisotopic (exact) mass is 277 g/mol. The molecule has 0 amide bonds. The number of nitro benzene ring substituents is 1. The fraction of sp³-hybridized carbons (Fsp3) is 0.167. The van der Waals surface area contributed by atoms with E-state index in [0.29, 0.717) is 10.8 Å². The first-order valence-corrected chi connectivity index (χ1v) is 5.66.